The molecular formula is C11H18O2S. The van der Waals surface area contributed by atoms with Crippen LogP contribution in [0.4, 0.5) is 0 Å². The van der Waals surface area contributed by atoms with Crippen LogP contribution in [0.2, 0.25) is 0 Å². The van der Waals surface area contributed by atoms with Gasteiger partial charge < -0.3 is 9.84 Å². The van der Waals surface area contributed by atoms with Crippen molar-refractivity contribution < 1.29 is 9.84 Å². The minimum atomic E-state index is -0.372. The fourth-order valence-electron chi connectivity index (χ4n) is 2.03. The lowest BCUT2D eigenvalue weighted by molar-refractivity contribution is 0.133. The summed E-state index contributed by atoms with van der Waals surface area (Å²) in [6, 6.07) is 0. The highest BCUT2D eigenvalue weighted by molar-refractivity contribution is 7.99. The molecule has 14 heavy (non-hydrogen) atoms. The molecule has 2 aliphatic rings. The highest BCUT2D eigenvalue weighted by Crippen LogP contribution is 2.30. The standard InChI is InChI=1S/C11H18O2S/c12-10(11-6-3-7-13-11)8-14-9-4-1-2-5-9/h6,9-10,12H,1-5,7-8H2. The zero-order chi connectivity index (χ0) is 9.80. The summed E-state index contributed by atoms with van der Waals surface area (Å²) in [5, 5.41) is 10.6. The number of ether oxygens (including phenoxy) is 1. The van der Waals surface area contributed by atoms with Crippen LogP contribution in [0.25, 0.3) is 0 Å². The molecule has 1 saturated carbocycles. The van der Waals surface area contributed by atoms with Gasteiger partial charge in [0.15, 0.2) is 0 Å². The van der Waals surface area contributed by atoms with E-state index in [1.807, 2.05) is 17.8 Å². The van der Waals surface area contributed by atoms with Crippen molar-refractivity contribution in [2.45, 2.75) is 43.5 Å². The number of hydrogen-bond donors (Lipinski definition) is 1. The first-order chi connectivity index (χ1) is 6.86. The smallest absolute Gasteiger partial charge is 0.121 e. The lowest BCUT2D eigenvalue weighted by Crippen LogP contribution is -2.15. The van der Waals surface area contributed by atoms with Gasteiger partial charge in [-0.25, -0.2) is 0 Å². The summed E-state index contributed by atoms with van der Waals surface area (Å²) in [5.74, 6) is 1.60. The van der Waals surface area contributed by atoms with Gasteiger partial charge in [0.1, 0.15) is 11.9 Å². The molecule has 0 aromatic carbocycles. The summed E-state index contributed by atoms with van der Waals surface area (Å²) < 4.78 is 5.33. The molecule has 0 radical (unpaired) electrons. The monoisotopic (exact) mass is 214 g/mol. The molecule has 2 rings (SSSR count). The van der Waals surface area contributed by atoms with E-state index in [9.17, 15) is 5.11 Å². The molecule has 0 amide bonds. The van der Waals surface area contributed by atoms with Crippen LogP contribution >= 0.6 is 11.8 Å². The van der Waals surface area contributed by atoms with Gasteiger partial charge in [0.05, 0.1) is 6.61 Å². The van der Waals surface area contributed by atoms with Crippen LogP contribution in [0.5, 0.6) is 0 Å². The lowest BCUT2D eigenvalue weighted by Gasteiger charge is -2.14. The van der Waals surface area contributed by atoms with E-state index in [1.165, 1.54) is 25.7 Å². The van der Waals surface area contributed by atoms with Crippen molar-refractivity contribution in [3.8, 4) is 0 Å². The van der Waals surface area contributed by atoms with E-state index in [4.69, 9.17) is 4.74 Å². The quantitative estimate of drug-likeness (QED) is 0.779. The minimum absolute atomic E-state index is 0.372. The van der Waals surface area contributed by atoms with Crippen molar-refractivity contribution in [1.82, 2.24) is 0 Å². The van der Waals surface area contributed by atoms with Crippen LogP contribution in [-0.4, -0.2) is 28.8 Å². The van der Waals surface area contributed by atoms with E-state index in [2.05, 4.69) is 0 Å². The summed E-state index contributed by atoms with van der Waals surface area (Å²) in [6.07, 6.45) is 8.00. The normalized spacial score (nSPS) is 24.8. The van der Waals surface area contributed by atoms with Crippen molar-refractivity contribution in [3.05, 3.63) is 11.8 Å². The van der Waals surface area contributed by atoms with E-state index >= 15 is 0 Å². The summed E-state index contributed by atoms with van der Waals surface area (Å²) in [7, 11) is 0. The molecule has 1 aliphatic heterocycles. The Morgan fingerprint density at radius 2 is 2.29 bits per heavy atom. The Hall–Kier alpha value is -0.150. The number of rotatable bonds is 4. The molecule has 1 N–H and O–H groups in total. The average Bonchev–Trinajstić information content (AvgIpc) is 2.87. The second kappa shape index (κ2) is 5.08. The maximum Gasteiger partial charge on any atom is 0.121 e. The Morgan fingerprint density at radius 1 is 1.50 bits per heavy atom. The summed E-state index contributed by atoms with van der Waals surface area (Å²) in [6.45, 7) is 0.750. The largest absolute Gasteiger partial charge is 0.495 e. The first kappa shape index (κ1) is 10.4. The van der Waals surface area contributed by atoms with Crippen LogP contribution in [0.15, 0.2) is 11.8 Å². The maximum absolute atomic E-state index is 9.80. The molecular weight excluding hydrogens is 196 g/mol. The molecule has 1 unspecified atom stereocenters. The summed E-state index contributed by atoms with van der Waals surface area (Å²) >= 11 is 1.91. The van der Waals surface area contributed by atoms with Crippen LogP contribution in [0.1, 0.15) is 32.1 Å². The molecule has 1 aliphatic carbocycles. The van der Waals surface area contributed by atoms with Crippen molar-refractivity contribution in [1.29, 1.82) is 0 Å². The van der Waals surface area contributed by atoms with Crippen LogP contribution in [-0.2, 0) is 4.74 Å². The fourth-order valence-corrected chi connectivity index (χ4v) is 3.32. The zero-order valence-corrected chi connectivity index (χ0v) is 9.26. The third-order valence-corrected chi connectivity index (χ3v) is 4.30. The molecule has 1 atom stereocenters. The van der Waals surface area contributed by atoms with Gasteiger partial charge in [-0.15, -0.1) is 0 Å². The van der Waals surface area contributed by atoms with E-state index < -0.39 is 0 Å². The minimum Gasteiger partial charge on any atom is -0.495 e. The summed E-state index contributed by atoms with van der Waals surface area (Å²) in [5.41, 5.74) is 0. The Kier molecular flexibility index (Phi) is 3.76. The van der Waals surface area contributed by atoms with Crippen LogP contribution in [0.3, 0.4) is 0 Å². The first-order valence-electron chi connectivity index (χ1n) is 5.49. The van der Waals surface area contributed by atoms with Gasteiger partial charge in [0.25, 0.3) is 0 Å². The molecule has 1 fully saturated rings. The van der Waals surface area contributed by atoms with Gasteiger partial charge >= 0.3 is 0 Å². The van der Waals surface area contributed by atoms with Crippen LogP contribution in [0, 0.1) is 0 Å². The third kappa shape index (κ3) is 2.67. The molecule has 3 heteroatoms. The van der Waals surface area contributed by atoms with E-state index in [1.54, 1.807) is 0 Å². The number of hydrogen-bond acceptors (Lipinski definition) is 3. The average molecular weight is 214 g/mol. The molecule has 0 aromatic rings. The molecule has 0 bridgehead atoms. The van der Waals surface area contributed by atoms with Crippen LogP contribution < -0.4 is 0 Å². The molecule has 0 saturated heterocycles. The second-order valence-corrected chi connectivity index (χ2v) is 5.33. The predicted octanol–water partition coefficient (Wildman–Crippen LogP) is 2.33. The van der Waals surface area contributed by atoms with Gasteiger partial charge in [-0.3, -0.25) is 0 Å². The van der Waals surface area contributed by atoms with Crippen molar-refractivity contribution in [2.24, 2.45) is 0 Å². The number of aliphatic hydroxyl groups is 1. The highest BCUT2D eigenvalue weighted by atomic mass is 32.2. The Bertz CT molecular complexity index is 209. The molecule has 1 heterocycles. The maximum atomic E-state index is 9.80. The lowest BCUT2D eigenvalue weighted by atomic mass is 10.3. The summed E-state index contributed by atoms with van der Waals surface area (Å²) in [4.78, 5) is 0. The van der Waals surface area contributed by atoms with Gasteiger partial charge in [-0.05, 0) is 18.9 Å². The molecule has 0 spiro atoms. The molecule has 80 valence electrons. The SMILES string of the molecule is OC(CSC1CCCC1)C1=CCCO1. The fraction of sp³-hybridized carbons (Fsp3) is 0.818. The molecule has 0 aromatic heterocycles. The van der Waals surface area contributed by atoms with Gasteiger partial charge in [-0.1, -0.05) is 12.8 Å². The van der Waals surface area contributed by atoms with E-state index in [-0.39, 0.29) is 6.10 Å². The Morgan fingerprint density at radius 3 is 2.93 bits per heavy atom. The second-order valence-electron chi connectivity index (χ2n) is 4.00. The number of aliphatic hydroxyl groups excluding tert-OH is 1. The molecule has 2 nitrogen and oxygen atoms in total. The van der Waals surface area contributed by atoms with Gasteiger partial charge in [-0.2, -0.15) is 11.8 Å². The Labute approximate surface area is 89.7 Å². The van der Waals surface area contributed by atoms with Gasteiger partial charge in [0.2, 0.25) is 0 Å². The van der Waals surface area contributed by atoms with E-state index in [0.29, 0.717) is 0 Å². The number of thioether (sulfide) groups is 1. The van der Waals surface area contributed by atoms with Gasteiger partial charge in [0, 0.05) is 17.4 Å². The Balaban J connectivity index is 1.68. The topological polar surface area (TPSA) is 29.5 Å². The predicted molar refractivity (Wildman–Crippen MR) is 59.4 cm³/mol. The van der Waals surface area contributed by atoms with Crippen molar-refractivity contribution in [2.75, 3.05) is 12.4 Å². The van der Waals surface area contributed by atoms with Crippen molar-refractivity contribution >= 4 is 11.8 Å². The third-order valence-electron chi connectivity index (χ3n) is 2.85. The van der Waals surface area contributed by atoms with E-state index in [0.717, 1.165) is 29.8 Å². The zero-order valence-electron chi connectivity index (χ0n) is 8.45. The first-order valence-corrected chi connectivity index (χ1v) is 6.53. The van der Waals surface area contributed by atoms with Crippen molar-refractivity contribution in [3.63, 3.8) is 0 Å². The highest BCUT2D eigenvalue weighted by Gasteiger charge is 2.20.